The molecule has 0 amide bonds. The second-order valence-corrected chi connectivity index (χ2v) is 18.9. The van der Waals surface area contributed by atoms with Crippen molar-refractivity contribution in [2.45, 2.75) is 39.8 Å². The third-order valence-corrected chi connectivity index (χ3v) is 15.5. The zero-order valence-electron chi connectivity index (χ0n) is 29.2. The van der Waals surface area contributed by atoms with E-state index in [2.05, 4.69) is 0 Å². The molecule has 278 valence electrons. The van der Waals surface area contributed by atoms with Gasteiger partial charge in [0, 0.05) is 34.3 Å². The number of hydrogen-bond acceptors (Lipinski definition) is 6. The Morgan fingerprint density at radius 2 is 0.745 bits per heavy atom. The molecule has 0 aromatic heterocycles. The fourth-order valence-electron chi connectivity index (χ4n) is 5.83. The van der Waals surface area contributed by atoms with Crippen molar-refractivity contribution in [2.24, 2.45) is 0 Å². The summed E-state index contributed by atoms with van der Waals surface area (Å²) in [5, 5.41) is 0. The molecule has 0 fully saturated rings. The summed E-state index contributed by atoms with van der Waals surface area (Å²) in [5.41, 5.74) is -1.33. The van der Waals surface area contributed by atoms with E-state index in [9.17, 15) is 21.6 Å². The molecule has 0 aliphatic carbocycles. The third kappa shape index (κ3) is 8.66. The predicted molar refractivity (Wildman–Crippen MR) is 216 cm³/mol. The van der Waals surface area contributed by atoms with Crippen molar-refractivity contribution in [2.75, 3.05) is 7.11 Å². The Hall–Kier alpha value is -4.91. The molecule has 7 rings (SSSR count). The van der Waals surface area contributed by atoms with Gasteiger partial charge in [0.2, 0.25) is 0 Å². The van der Waals surface area contributed by atoms with Crippen LogP contribution < -0.4 is 4.74 Å². The minimum Gasteiger partial charge on any atom is -0.497 e. The molecule has 0 radical (unpaired) electrons. The van der Waals surface area contributed by atoms with Gasteiger partial charge in [0.25, 0.3) is 0 Å². The van der Waals surface area contributed by atoms with E-state index in [1.54, 1.807) is 72.8 Å². The lowest BCUT2D eigenvalue weighted by atomic mass is 10.1. The Morgan fingerprint density at radius 3 is 1.07 bits per heavy atom. The SMILES string of the molecule is COc1ccc(S(OS(=O)(=O)C(F)(F)F)(c2ccc(Sc3ccc(-c4ccccc4)cc3)cc2)c2ccc(Sc3ccc(-c4ccccc4)cc3)cc2)cc1. The number of ether oxygens (including phenoxy) is 1. The highest BCUT2D eigenvalue weighted by Gasteiger charge is 2.52. The molecule has 0 heterocycles. The van der Waals surface area contributed by atoms with Gasteiger partial charge < -0.3 is 4.74 Å². The summed E-state index contributed by atoms with van der Waals surface area (Å²) in [6.07, 6.45) is 0. The molecule has 0 N–H and O–H groups in total. The lowest BCUT2D eigenvalue weighted by Crippen LogP contribution is -2.27. The van der Waals surface area contributed by atoms with Crippen LogP contribution in [0.2, 0.25) is 0 Å². The molecule has 0 aliphatic heterocycles. The predicted octanol–water partition coefficient (Wildman–Crippen LogP) is 13.4. The third-order valence-electron chi connectivity index (χ3n) is 8.57. The second-order valence-electron chi connectivity index (χ2n) is 12.1. The van der Waals surface area contributed by atoms with Crippen molar-refractivity contribution in [3.05, 3.63) is 182 Å². The summed E-state index contributed by atoms with van der Waals surface area (Å²) in [7, 11) is -8.15. The summed E-state index contributed by atoms with van der Waals surface area (Å²) < 4.78 is 79.5. The average molecular weight is 811 g/mol. The van der Waals surface area contributed by atoms with Crippen LogP contribution in [0.5, 0.6) is 5.75 Å². The summed E-state index contributed by atoms with van der Waals surface area (Å²) in [6, 6.07) is 56.0. The summed E-state index contributed by atoms with van der Waals surface area (Å²) in [5.74, 6) is 0.450. The number of halogens is 3. The number of benzene rings is 7. The first-order valence-electron chi connectivity index (χ1n) is 16.9. The van der Waals surface area contributed by atoms with E-state index in [0.29, 0.717) is 5.75 Å². The minimum absolute atomic E-state index is 0.245. The Labute approximate surface area is 329 Å². The van der Waals surface area contributed by atoms with E-state index in [4.69, 9.17) is 8.37 Å². The highest BCUT2D eigenvalue weighted by Crippen LogP contribution is 2.71. The largest absolute Gasteiger partial charge is 0.524 e. The zero-order valence-corrected chi connectivity index (χ0v) is 32.5. The van der Waals surface area contributed by atoms with E-state index >= 15 is 0 Å². The fourth-order valence-corrected chi connectivity index (χ4v) is 12.2. The highest BCUT2D eigenvalue weighted by molar-refractivity contribution is 8.33. The average Bonchev–Trinajstić information content (AvgIpc) is 3.21. The van der Waals surface area contributed by atoms with E-state index in [-0.39, 0.29) is 14.7 Å². The van der Waals surface area contributed by atoms with Crippen molar-refractivity contribution < 1.29 is 30.0 Å². The molecule has 7 aromatic rings. The molecule has 11 heteroatoms. The quantitative estimate of drug-likeness (QED) is 0.115. The lowest BCUT2D eigenvalue weighted by Gasteiger charge is -2.39. The first-order chi connectivity index (χ1) is 26.5. The molecular formula is C44H33F3O4S4. The van der Waals surface area contributed by atoms with Crippen molar-refractivity contribution in [1.29, 1.82) is 0 Å². The molecule has 0 unspecified atom stereocenters. The summed E-state index contributed by atoms with van der Waals surface area (Å²) >= 11 is 2.96. The van der Waals surface area contributed by atoms with Crippen LogP contribution in [0.1, 0.15) is 0 Å². The number of rotatable bonds is 12. The van der Waals surface area contributed by atoms with Crippen molar-refractivity contribution in [1.82, 2.24) is 0 Å². The van der Waals surface area contributed by atoms with Gasteiger partial charge in [-0.05, 0) is 130 Å². The minimum atomic E-state index is -6.09. The maximum absolute atomic E-state index is 14.2. The molecule has 0 spiro atoms. The van der Waals surface area contributed by atoms with E-state index in [0.717, 1.165) is 41.8 Å². The lowest BCUT2D eigenvalue weighted by molar-refractivity contribution is -0.0496. The van der Waals surface area contributed by atoms with Gasteiger partial charge in [-0.25, -0.2) is 0 Å². The normalized spacial score (nSPS) is 12.3. The molecule has 0 saturated carbocycles. The molecule has 0 atom stereocenters. The molecule has 4 nitrogen and oxygen atoms in total. The van der Waals surface area contributed by atoms with Gasteiger partial charge in [-0.2, -0.15) is 25.2 Å². The number of hydrogen-bond donors (Lipinski definition) is 0. The van der Waals surface area contributed by atoms with Crippen LogP contribution >= 0.6 is 33.8 Å². The van der Waals surface area contributed by atoms with Gasteiger partial charge in [-0.15, -0.1) is 0 Å². The van der Waals surface area contributed by atoms with Gasteiger partial charge >= 0.3 is 15.6 Å². The van der Waals surface area contributed by atoms with Gasteiger partial charge in [0.05, 0.1) is 7.11 Å². The topological polar surface area (TPSA) is 52.6 Å². The Balaban J connectivity index is 1.25. The summed E-state index contributed by atoms with van der Waals surface area (Å²) in [6.45, 7) is 0. The van der Waals surface area contributed by atoms with Crippen molar-refractivity contribution in [3.8, 4) is 28.0 Å². The van der Waals surface area contributed by atoms with Gasteiger partial charge in [-0.3, -0.25) is 0 Å². The highest BCUT2D eigenvalue weighted by atomic mass is 32.3. The Bertz CT molecular complexity index is 2310. The van der Waals surface area contributed by atoms with Crippen molar-refractivity contribution >= 4 is 44.0 Å². The van der Waals surface area contributed by atoms with E-state index in [1.165, 1.54) is 30.6 Å². The zero-order chi connectivity index (χ0) is 38.5. The van der Waals surface area contributed by atoms with Crippen LogP contribution in [-0.2, 0) is 13.7 Å². The van der Waals surface area contributed by atoms with Crippen molar-refractivity contribution in [3.63, 3.8) is 0 Å². The van der Waals surface area contributed by atoms with Crippen LogP contribution in [0.4, 0.5) is 13.2 Å². The van der Waals surface area contributed by atoms with Crippen LogP contribution in [0.15, 0.2) is 216 Å². The molecule has 55 heavy (non-hydrogen) atoms. The first-order valence-corrected chi connectivity index (χ1v) is 21.5. The van der Waals surface area contributed by atoms with Crippen LogP contribution in [-0.4, -0.2) is 21.0 Å². The van der Waals surface area contributed by atoms with Crippen LogP contribution in [0.3, 0.4) is 0 Å². The van der Waals surface area contributed by atoms with E-state index in [1.807, 2.05) is 109 Å². The Morgan fingerprint density at radius 1 is 0.436 bits per heavy atom. The smallest absolute Gasteiger partial charge is 0.497 e. The molecular weight excluding hydrogens is 778 g/mol. The van der Waals surface area contributed by atoms with Crippen LogP contribution in [0, 0.1) is 0 Å². The number of alkyl halides is 3. The standard InChI is InChI=1S/C44H33F3O4S4/c1-50-36-16-26-41(27-17-36)54(51-55(48,49)44(45,46)47,42-28-22-39(23-29-42)52-37-18-12-34(13-19-37)32-8-4-2-5-9-32)43-30-24-40(25-31-43)53-38-20-14-35(15-21-38)33-10-6-3-7-11-33/h2-31H,1H3. The fraction of sp³-hybridized carbons (Fsp3) is 0.0455. The van der Waals surface area contributed by atoms with Gasteiger partial charge in [0.15, 0.2) is 0 Å². The van der Waals surface area contributed by atoms with Gasteiger partial charge in [0.1, 0.15) is 5.75 Å². The summed E-state index contributed by atoms with van der Waals surface area (Å²) in [4.78, 5) is 4.32. The Kier molecular flexibility index (Phi) is 11.5. The van der Waals surface area contributed by atoms with E-state index < -0.39 is 25.9 Å². The maximum Gasteiger partial charge on any atom is 0.524 e. The number of methoxy groups -OCH3 is 1. The second kappa shape index (κ2) is 16.4. The molecule has 0 aliphatic rings. The molecule has 0 bridgehead atoms. The van der Waals surface area contributed by atoms with Gasteiger partial charge in [-0.1, -0.05) is 108 Å². The monoisotopic (exact) mass is 810 g/mol. The first kappa shape index (κ1) is 38.4. The van der Waals surface area contributed by atoms with Crippen LogP contribution in [0.25, 0.3) is 22.3 Å². The maximum atomic E-state index is 14.2. The molecule has 0 saturated heterocycles. The molecule has 7 aromatic carbocycles.